The minimum absolute atomic E-state index is 0.210. The summed E-state index contributed by atoms with van der Waals surface area (Å²) in [6, 6.07) is 2.02. The van der Waals surface area contributed by atoms with Crippen molar-refractivity contribution in [1.29, 1.82) is 0 Å². The third-order valence-corrected chi connectivity index (χ3v) is 3.66. The van der Waals surface area contributed by atoms with Gasteiger partial charge in [0.05, 0.1) is 12.5 Å². The molecule has 16 heavy (non-hydrogen) atoms. The van der Waals surface area contributed by atoms with Crippen LogP contribution in [0.1, 0.15) is 11.3 Å². The molecule has 0 saturated carbocycles. The summed E-state index contributed by atoms with van der Waals surface area (Å²) in [6.45, 7) is 1.08. The van der Waals surface area contributed by atoms with E-state index in [1.165, 1.54) is 4.88 Å². The van der Waals surface area contributed by atoms with E-state index in [0.717, 1.165) is 4.47 Å². The van der Waals surface area contributed by atoms with E-state index in [2.05, 4.69) is 15.9 Å². The maximum absolute atomic E-state index is 10.4. The summed E-state index contributed by atoms with van der Waals surface area (Å²) in [7, 11) is 1.86. The summed E-state index contributed by atoms with van der Waals surface area (Å²) >= 11 is 5.00. The second-order valence-corrected chi connectivity index (χ2v) is 5.59. The van der Waals surface area contributed by atoms with Crippen molar-refractivity contribution in [3.63, 3.8) is 0 Å². The normalized spacial score (nSPS) is 13.0. The molecule has 6 heteroatoms. The van der Waals surface area contributed by atoms with Gasteiger partial charge in [-0.15, -0.1) is 11.3 Å². The molecule has 1 heterocycles. The number of aliphatic hydroxyl groups excluding tert-OH is 1. The van der Waals surface area contributed by atoms with Crippen LogP contribution in [0.4, 0.5) is 0 Å². The van der Waals surface area contributed by atoms with Gasteiger partial charge in [0, 0.05) is 27.8 Å². The van der Waals surface area contributed by atoms with Gasteiger partial charge in [-0.1, -0.05) is 0 Å². The molecule has 90 valence electrons. The van der Waals surface area contributed by atoms with Gasteiger partial charge in [-0.3, -0.25) is 9.69 Å². The Balaban J connectivity index is 2.35. The van der Waals surface area contributed by atoms with Crippen LogP contribution in [0.2, 0.25) is 0 Å². The molecule has 0 aromatic carbocycles. The first-order valence-corrected chi connectivity index (χ1v) is 6.46. The maximum atomic E-state index is 10.4. The Bertz CT molecular complexity index is 356. The van der Waals surface area contributed by atoms with E-state index in [0.29, 0.717) is 13.1 Å². The minimum atomic E-state index is -0.972. The Morgan fingerprint density at radius 1 is 1.69 bits per heavy atom. The van der Waals surface area contributed by atoms with Gasteiger partial charge in [0.25, 0.3) is 0 Å². The van der Waals surface area contributed by atoms with Crippen LogP contribution in [0.15, 0.2) is 15.9 Å². The highest BCUT2D eigenvalue weighted by Crippen LogP contribution is 2.20. The fourth-order valence-electron chi connectivity index (χ4n) is 1.39. The van der Waals surface area contributed by atoms with Crippen molar-refractivity contribution >= 4 is 33.2 Å². The van der Waals surface area contributed by atoms with Gasteiger partial charge in [-0.2, -0.15) is 0 Å². The summed E-state index contributed by atoms with van der Waals surface area (Å²) < 4.78 is 1.05. The largest absolute Gasteiger partial charge is 0.481 e. The number of hydrogen-bond donors (Lipinski definition) is 2. The van der Waals surface area contributed by atoms with Gasteiger partial charge in [0.1, 0.15) is 0 Å². The molecule has 2 N–H and O–H groups in total. The fraction of sp³-hybridized carbons (Fsp3) is 0.500. The van der Waals surface area contributed by atoms with Crippen molar-refractivity contribution in [2.45, 2.75) is 19.1 Å². The second-order valence-electron chi connectivity index (χ2n) is 3.68. The summed E-state index contributed by atoms with van der Waals surface area (Å²) in [5, 5.41) is 19.9. The average Bonchev–Trinajstić information content (AvgIpc) is 2.48. The molecule has 0 bridgehead atoms. The molecule has 0 fully saturated rings. The Morgan fingerprint density at radius 3 is 2.88 bits per heavy atom. The molecular formula is C10H14BrNO3S. The van der Waals surface area contributed by atoms with Gasteiger partial charge in [0.2, 0.25) is 0 Å². The van der Waals surface area contributed by atoms with E-state index in [-0.39, 0.29) is 6.42 Å². The molecule has 0 amide bonds. The van der Waals surface area contributed by atoms with Crippen molar-refractivity contribution < 1.29 is 15.0 Å². The highest BCUT2D eigenvalue weighted by molar-refractivity contribution is 9.10. The molecule has 1 aromatic heterocycles. The number of thiophene rings is 1. The molecule has 0 aliphatic carbocycles. The summed E-state index contributed by atoms with van der Waals surface area (Å²) in [5.74, 6) is -0.972. The van der Waals surface area contributed by atoms with Gasteiger partial charge < -0.3 is 10.2 Å². The number of carbonyl (C=O) groups is 1. The molecule has 0 aliphatic heterocycles. The first-order valence-electron chi connectivity index (χ1n) is 4.78. The third-order valence-electron chi connectivity index (χ3n) is 1.98. The number of carboxylic acid groups (broad SMARTS) is 1. The summed E-state index contributed by atoms with van der Waals surface area (Å²) in [6.07, 6.45) is -1.02. The van der Waals surface area contributed by atoms with Crippen molar-refractivity contribution in [1.82, 2.24) is 4.90 Å². The Morgan fingerprint density at radius 2 is 2.38 bits per heavy atom. The van der Waals surface area contributed by atoms with Crippen LogP contribution in [0, 0.1) is 0 Å². The van der Waals surface area contributed by atoms with E-state index >= 15 is 0 Å². The topological polar surface area (TPSA) is 60.8 Å². The van der Waals surface area contributed by atoms with E-state index in [1.807, 2.05) is 23.4 Å². The Labute approximate surface area is 107 Å². The quantitative estimate of drug-likeness (QED) is 0.841. The smallest absolute Gasteiger partial charge is 0.306 e. The second kappa shape index (κ2) is 6.34. The molecule has 1 rings (SSSR count). The van der Waals surface area contributed by atoms with Gasteiger partial charge in [-0.25, -0.2) is 0 Å². The van der Waals surface area contributed by atoms with Crippen molar-refractivity contribution in [2.75, 3.05) is 13.6 Å². The van der Waals surface area contributed by atoms with Crippen LogP contribution in [-0.4, -0.2) is 40.8 Å². The molecule has 1 aromatic rings. The number of rotatable bonds is 6. The average molecular weight is 308 g/mol. The van der Waals surface area contributed by atoms with Crippen LogP contribution >= 0.6 is 27.3 Å². The third kappa shape index (κ3) is 5.07. The lowest BCUT2D eigenvalue weighted by molar-refractivity contribution is -0.139. The van der Waals surface area contributed by atoms with Crippen molar-refractivity contribution in [2.24, 2.45) is 0 Å². The maximum Gasteiger partial charge on any atom is 0.306 e. The first kappa shape index (κ1) is 13.6. The number of nitrogens with zero attached hydrogens (tertiary/aromatic N) is 1. The molecule has 0 spiro atoms. The molecule has 4 nitrogen and oxygen atoms in total. The predicted molar refractivity (Wildman–Crippen MR) is 66.6 cm³/mol. The SMILES string of the molecule is CN(Cc1cc(Br)cs1)CC(O)CC(=O)O. The molecule has 1 unspecified atom stereocenters. The zero-order chi connectivity index (χ0) is 12.1. The number of hydrogen-bond acceptors (Lipinski definition) is 4. The number of halogens is 1. The molecule has 0 radical (unpaired) electrons. The number of likely N-dealkylation sites (N-methyl/N-ethyl adjacent to an activating group) is 1. The zero-order valence-electron chi connectivity index (χ0n) is 8.89. The predicted octanol–water partition coefficient (Wildman–Crippen LogP) is 1.78. The van der Waals surface area contributed by atoms with E-state index in [4.69, 9.17) is 5.11 Å². The van der Waals surface area contributed by atoms with Crippen LogP contribution in [0.25, 0.3) is 0 Å². The van der Waals surface area contributed by atoms with Gasteiger partial charge >= 0.3 is 5.97 Å². The van der Waals surface area contributed by atoms with E-state index < -0.39 is 12.1 Å². The highest BCUT2D eigenvalue weighted by Gasteiger charge is 2.12. The lowest BCUT2D eigenvalue weighted by atomic mass is 10.2. The number of aliphatic carboxylic acids is 1. The van der Waals surface area contributed by atoms with Crippen LogP contribution in [-0.2, 0) is 11.3 Å². The molecule has 0 saturated heterocycles. The highest BCUT2D eigenvalue weighted by atomic mass is 79.9. The monoisotopic (exact) mass is 307 g/mol. The molecule has 0 aliphatic rings. The fourth-order valence-corrected chi connectivity index (χ4v) is 2.92. The lowest BCUT2D eigenvalue weighted by Gasteiger charge is -2.18. The van der Waals surface area contributed by atoms with E-state index in [1.54, 1.807) is 11.3 Å². The Hall–Kier alpha value is -0.430. The van der Waals surface area contributed by atoms with Crippen LogP contribution in [0.3, 0.4) is 0 Å². The van der Waals surface area contributed by atoms with Gasteiger partial charge in [0.15, 0.2) is 0 Å². The van der Waals surface area contributed by atoms with Crippen LogP contribution < -0.4 is 0 Å². The zero-order valence-corrected chi connectivity index (χ0v) is 11.3. The van der Waals surface area contributed by atoms with Crippen LogP contribution in [0.5, 0.6) is 0 Å². The summed E-state index contributed by atoms with van der Waals surface area (Å²) in [4.78, 5) is 13.5. The Kier molecular flexibility index (Phi) is 5.40. The van der Waals surface area contributed by atoms with Gasteiger partial charge in [-0.05, 0) is 29.0 Å². The van der Waals surface area contributed by atoms with E-state index in [9.17, 15) is 9.90 Å². The molecule has 1 atom stereocenters. The lowest BCUT2D eigenvalue weighted by Crippen LogP contribution is -2.30. The minimum Gasteiger partial charge on any atom is -0.481 e. The number of carboxylic acids is 1. The van der Waals surface area contributed by atoms with Crippen molar-refractivity contribution in [3.05, 3.63) is 20.8 Å². The first-order chi connectivity index (χ1) is 7.47. The summed E-state index contributed by atoms with van der Waals surface area (Å²) in [5.41, 5.74) is 0. The number of aliphatic hydroxyl groups is 1. The standard InChI is InChI=1S/C10H14BrNO3S/c1-12(4-8(13)3-10(14)15)5-9-2-7(11)6-16-9/h2,6,8,13H,3-5H2,1H3,(H,14,15). The molecular weight excluding hydrogens is 294 g/mol. The van der Waals surface area contributed by atoms with Crippen molar-refractivity contribution in [3.8, 4) is 0 Å².